The normalized spacial score (nSPS) is 14.2. The van der Waals surface area contributed by atoms with Gasteiger partial charge in [0, 0.05) is 28.9 Å². The molecule has 0 bridgehead atoms. The quantitative estimate of drug-likeness (QED) is 0.153. The van der Waals surface area contributed by atoms with E-state index in [0.29, 0.717) is 35.4 Å². The molecule has 1 heterocycles. The Kier molecular flexibility index (Phi) is 10.5. The summed E-state index contributed by atoms with van der Waals surface area (Å²) in [5.74, 6) is -0.565. The van der Waals surface area contributed by atoms with Crippen LogP contribution in [0.15, 0.2) is 99.8 Å². The molecule has 212 valence electrons. The van der Waals surface area contributed by atoms with Gasteiger partial charge in [0.1, 0.15) is 0 Å². The number of hydrogen-bond donors (Lipinski definition) is 3. The Morgan fingerprint density at radius 1 is 0.927 bits per heavy atom. The van der Waals surface area contributed by atoms with Gasteiger partial charge in [0.2, 0.25) is 0 Å². The van der Waals surface area contributed by atoms with Gasteiger partial charge in [0.25, 0.3) is 11.8 Å². The Morgan fingerprint density at radius 3 is 2.29 bits per heavy atom. The highest BCUT2D eigenvalue weighted by molar-refractivity contribution is 7.99. The molecule has 0 fully saturated rings. The average Bonchev–Trinajstić information content (AvgIpc) is 3.34. The Bertz CT molecular complexity index is 1440. The zero-order chi connectivity index (χ0) is 29.2. The fourth-order valence-corrected chi connectivity index (χ4v) is 5.61. The maximum absolute atomic E-state index is 13.2. The third-order valence-electron chi connectivity index (χ3n) is 6.99. The molecule has 3 N–H and O–H groups in total. The van der Waals surface area contributed by atoms with Crippen molar-refractivity contribution in [2.75, 3.05) is 33.2 Å². The summed E-state index contributed by atoms with van der Waals surface area (Å²) in [4.78, 5) is 42.9. The molecule has 4 rings (SSSR count). The summed E-state index contributed by atoms with van der Waals surface area (Å²) in [5, 5.41) is 8.96. The van der Waals surface area contributed by atoms with E-state index in [-0.39, 0.29) is 23.0 Å². The Balaban J connectivity index is 1.56. The second kappa shape index (κ2) is 14.5. The summed E-state index contributed by atoms with van der Waals surface area (Å²) < 4.78 is 0. The van der Waals surface area contributed by atoms with Gasteiger partial charge in [-0.15, -0.1) is 0 Å². The van der Waals surface area contributed by atoms with E-state index >= 15 is 0 Å². The molecular weight excluding hydrogens is 532 g/mol. The van der Waals surface area contributed by atoms with Crippen molar-refractivity contribution in [1.29, 1.82) is 0 Å². The third-order valence-corrected chi connectivity index (χ3v) is 8.00. The summed E-state index contributed by atoms with van der Waals surface area (Å²) in [6, 6.07) is 24.9. The lowest BCUT2D eigenvalue weighted by atomic mass is 9.98. The molecule has 3 aromatic carbocycles. The van der Waals surface area contributed by atoms with Crippen LogP contribution in [0.2, 0.25) is 0 Å². The van der Waals surface area contributed by atoms with Crippen LogP contribution in [0.25, 0.3) is 11.4 Å². The molecule has 0 unspecified atom stereocenters. The zero-order valence-electron chi connectivity index (χ0n) is 23.7. The SMILES string of the molecule is CCN(CC)CCCNC(=O)c1cccc(C2=C(C=O)/C(=C(\NC)c3ccc(Sc4ccccc4)cc3)C(=O)N2)c1. The second-order valence-electron chi connectivity index (χ2n) is 9.52. The van der Waals surface area contributed by atoms with Crippen LogP contribution in [-0.4, -0.2) is 56.2 Å². The van der Waals surface area contributed by atoms with E-state index in [1.165, 1.54) is 0 Å². The molecule has 1 aliphatic rings. The van der Waals surface area contributed by atoms with Crippen LogP contribution >= 0.6 is 11.8 Å². The molecule has 0 aromatic heterocycles. The van der Waals surface area contributed by atoms with E-state index < -0.39 is 0 Å². The summed E-state index contributed by atoms with van der Waals surface area (Å²) in [6.07, 6.45) is 1.55. The predicted molar refractivity (Wildman–Crippen MR) is 165 cm³/mol. The van der Waals surface area contributed by atoms with Crippen molar-refractivity contribution in [1.82, 2.24) is 20.9 Å². The molecular formula is C33H36N4O3S. The Labute approximate surface area is 246 Å². The van der Waals surface area contributed by atoms with Crippen LogP contribution in [0.3, 0.4) is 0 Å². The van der Waals surface area contributed by atoms with Gasteiger partial charge in [-0.2, -0.15) is 0 Å². The van der Waals surface area contributed by atoms with E-state index in [0.717, 1.165) is 41.4 Å². The molecule has 0 saturated carbocycles. The number of benzene rings is 3. The first-order chi connectivity index (χ1) is 20.0. The van der Waals surface area contributed by atoms with Crippen molar-refractivity contribution in [3.05, 3.63) is 107 Å². The average molecular weight is 569 g/mol. The van der Waals surface area contributed by atoms with Crippen molar-refractivity contribution in [2.24, 2.45) is 0 Å². The number of rotatable bonds is 13. The summed E-state index contributed by atoms with van der Waals surface area (Å²) in [6.45, 7) is 7.71. The minimum Gasteiger partial charge on any atom is -0.387 e. The molecule has 1 aliphatic heterocycles. The van der Waals surface area contributed by atoms with Gasteiger partial charge in [-0.05, 0) is 73.6 Å². The van der Waals surface area contributed by atoms with E-state index in [2.05, 4.69) is 46.8 Å². The molecule has 41 heavy (non-hydrogen) atoms. The number of nitrogens with one attached hydrogen (secondary N) is 3. The smallest absolute Gasteiger partial charge is 0.258 e. The molecule has 0 atom stereocenters. The van der Waals surface area contributed by atoms with Crippen LogP contribution in [0.5, 0.6) is 0 Å². The monoisotopic (exact) mass is 568 g/mol. The zero-order valence-corrected chi connectivity index (χ0v) is 24.5. The van der Waals surface area contributed by atoms with Crippen molar-refractivity contribution < 1.29 is 14.4 Å². The largest absolute Gasteiger partial charge is 0.387 e. The standard InChI is InChI=1S/C33H36N4O3S/c1-4-37(5-2)20-10-19-35-32(39)25-12-9-11-24(21-25)30-28(22-38)29(33(40)36-30)31(34-3)23-15-17-27(18-16-23)41-26-13-7-6-8-14-26/h6-9,11-18,21-22,34H,4-5,10,19-20H2,1-3H3,(H,35,39)(H,36,40)/b31-29+. The van der Waals surface area contributed by atoms with Crippen LogP contribution in [0.4, 0.5) is 0 Å². The van der Waals surface area contributed by atoms with Crippen LogP contribution in [-0.2, 0) is 9.59 Å². The van der Waals surface area contributed by atoms with E-state index in [4.69, 9.17) is 0 Å². The molecule has 7 nitrogen and oxygen atoms in total. The number of carbonyl (C=O) groups excluding carboxylic acids is 3. The van der Waals surface area contributed by atoms with E-state index in [1.54, 1.807) is 43.1 Å². The van der Waals surface area contributed by atoms with Crippen molar-refractivity contribution in [3.8, 4) is 0 Å². The predicted octanol–water partition coefficient (Wildman–Crippen LogP) is 4.97. The maximum Gasteiger partial charge on any atom is 0.258 e. The van der Waals surface area contributed by atoms with Gasteiger partial charge in [0.05, 0.1) is 22.5 Å². The molecule has 0 saturated heterocycles. The lowest BCUT2D eigenvalue weighted by Crippen LogP contribution is -2.30. The number of amides is 2. The lowest BCUT2D eigenvalue weighted by Gasteiger charge is -2.17. The Morgan fingerprint density at radius 2 is 1.63 bits per heavy atom. The van der Waals surface area contributed by atoms with Gasteiger partial charge in [-0.25, -0.2) is 0 Å². The summed E-state index contributed by atoms with van der Waals surface area (Å²) in [7, 11) is 1.73. The van der Waals surface area contributed by atoms with Gasteiger partial charge >= 0.3 is 0 Å². The molecule has 0 aliphatic carbocycles. The summed E-state index contributed by atoms with van der Waals surface area (Å²) >= 11 is 1.65. The molecule has 2 amide bonds. The first-order valence-electron chi connectivity index (χ1n) is 13.9. The number of carbonyl (C=O) groups is 3. The lowest BCUT2D eigenvalue weighted by molar-refractivity contribution is -0.116. The number of nitrogens with zero attached hydrogens (tertiary/aromatic N) is 1. The fraction of sp³-hybridized carbons (Fsp3) is 0.242. The number of aldehydes is 1. The van der Waals surface area contributed by atoms with Gasteiger partial charge in [-0.1, -0.05) is 68.1 Å². The van der Waals surface area contributed by atoms with Crippen LogP contribution in [0.1, 0.15) is 41.8 Å². The van der Waals surface area contributed by atoms with Crippen molar-refractivity contribution in [2.45, 2.75) is 30.1 Å². The first-order valence-corrected chi connectivity index (χ1v) is 14.7. The molecule has 0 spiro atoms. The first kappa shape index (κ1) is 29.8. The van der Waals surface area contributed by atoms with E-state index in [1.807, 2.05) is 42.5 Å². The van der Waals surface area contributed by atoms with E-state index in [9.17, 15) is 14.4 Å². The van der Waals surface area contributed by atoms with Crippen molar-refractivity contribution in [3.63, 3.8) is 0 Å². The molecule has 0 radical (unpaired) electrons. The highest BCUT2D eigenvalue weighted by Gasteiger charge is 2.31. The van der Waals surface area contributed by atoms with Gasteiger partial charge in [0.15, 0.2) is 6.29 Å². The molecule has 3 aromatic rings. The highest BCUT2D eigenvalue weighted by atomic mass is 32.2. The van der Waals surface area contributed by atoms with Crippen molar-refractivity contribution >= 4 is 41.3 Å². The number of hydrogen-bond acceptors (Lipinski definition) is 6. The highest BCUT2D eigenvalue weighted by Crippen LogP contribution is 2.33. The fourth-order valence-electron chi connectivity index (χ4n) is 4.77. The minimum absolute atomic E-state index is 0.191. The van der Waals surface area contributed by atoms with Crippen LogP contribution in [0, 0.1) is 0 Å². The minimum atomic E-state index is -0.375. The van der Waals surface area contributed by atoms with Gasteiger partial charge < -0.3 is 20.9 Å². The maximum atomic E-state index is 13.2. The topological polar surface area (TPSA) is 90.5 Å². The van der Waals surface area contributed by atoms with Gasteiger partial charge in [-0.3, -0.25) is 14.4 Å². The Hall–Kier alpha value is -4.14. The molecule has 8 heteroatoms. The summed E-state index contributed by atoms with van der Waals surface area (Å²) in [5.41, 5.74) is 3.31. The second-order valence-corrected chi connectivity index (χ2v) is 10.7. The third kappa shape index (κ3) is 7.34. The van der Waals surface area contributed by atoms with Crippen LogP contribution < -0.4 is 16.0 Å².